The van der Waals surface area contributed by atoms with Crippen LogP contribution in [-0.2, 0) is 6.54 Å². The average molecular weight is 367 g/mol. The molecular formula is C21H19ClN2O2. The van der Waals surface area contributed by atoms with E-state index in [9.17, 15) is 9.59 Å². The molecule has 0 unspecified atom stereocenters. The molecule has 1 heterocycles. The molecule has 1 N–H and O–H groups in total. The number of carbonyl (C=O) groups excluding carboxylic acids is 1. The lowest BCUT2D eigenvalue weighted by Gasteiger charge is -2.11. The minimum Gasteiger partial charge on any atom is -0.322 e. The number of hydrogen-bond acceptors (Lipinski definition) is 2. The SMILES string of the molecule is Cc1ccc(C)c(NC(=O)c2cccn(Cc3ccccc3Cl)c2=O)c1. The lowest BCUT2D eigenvalue weighted by atomic mass is 10.1. The third-order valence-electron chi connectivity index (χ3n) is 4.20. The second kappa shape index (κ2) is 7.58. The Kier molecular flexibility index (Phi) is 5.24. The number of aromatic nitrogens is 1. The first-order valence-electron chi connectivity index (χ1n) is 8.27. The van der Waals surface area contributed by atoms with Crippen LogP contribution in [0.25, 0.3) is 0 Å². The van der Waals surface area contributed by atoms with Gasteiger partial charge in [0.2, 0.25) is 0 Å². The van der Waals surface area contributed by atoms with Gasteiger partial charge in [0.15, 0.2) is 0 Å². The topological polar surface area (TPSA) is 51.1 Å². The predicted octanol–water partition coefficient (Wildman–Crippen LogP) is 4.42. The van der Waals surface area contributed by atoms with Gasteiger partial charge in [-0.25, -0.2) is 0 Å². The van der Waals surface area contributed by atoms with Crippen molar-refractivity contribution in [3.63, 3.8) is 0 Å². The van der Waals surface area contributed by atoms with Crippen LogP contribution >= 0.6 is 11.6 Å². The van der Waals surface area contributed by atoms with Crippen molar-refractivity contribution in [2.24, 2.45) is 0 Å². The number of pyridine rings is 1. The largest absolute Gasteiger partial charge is 0.322 e. The number of halogens is 1. The predicted molar refractivity (Wildman–Crippen MR) is 105 cm³/mol. The summed E-state index contributed by atoms with van der Waals surface area (Å²) in [6.45, 7) is 4.17. The van der Waals surface area contributed by atoms with Gasteiger partial charge in [0, 0.05) is 16.9 Å². The smallest absolute Gasteiger partial charge is 0.263 e. The third-order valence-corrected chi connectivity index (χ3v) is 4.57. The molecule has 4 nitrogen and oxygen atoms in total. The molecule has 3 aromatic rings. The summed E-state index contributed by atoms with van der Waals surface area (Å²) in [5.74, 6) is -0.419. The standard InChI is InChI=1S/C21H19ClN2O2/c1-14-9-10-15(2)19(12-14)23-20(25)17-7-5-11-24(21(17)26)13-16-6-3-4-8-18(16)22/h3-12H,13H2,1-2H3,(H,23,25). The van der Waals surface area contributed by atoms with Crippen molar-refractivity contribution in [2.45, 2.75) is 20.4 Å². The Bertz CT molecular complexity index is 1020. The summed E-state index contributed by atoms with van der Waals surface area (Å²) >= 11 is 6.17. The van der Waals surface area contributed by atoms with Crippen LogP contribution in [0.15, 0.2) is 65.6 Å². The molecule has 1 amide bonds. The van der Waals surface area contributed by atoms with E-state index >= 15 is 0 Å². The molecule has 26 heavy (non-hydrogen) atoms. The highest BCUT2D eigenvalue weighted by molar-refractivity contribution is 6.31. The number of nitrogens with one attached hydrogen (secondary N) is 1. The Morgan fingerprint density at radius 1 is 1.08 bits per heavy atom. The zero-order valence-corrected chi connectivity index (χ0v) is 15.4. The monoisotopic (exact) mass is 366 g/mol. The Hall–Kier alpha value is -2.85. The van der Waals surface area contributed by atoms with Crippen LogP contribution < -0.4 is 10.9 Å². The molecule has 3 rings (SSSR count). The number of benzene rings is 2. The van der Waals surface area contributed by atoms with Crippen LogP contribution in [0.1, 0.15) is 27.0 Å². The van der Waals surface area contributed by atoms with Crippen LogP contribution in [0.5, 0.6) is 0 Å². The van der Waals surface area contributed by atoms with Gasteiger partial charge in [-0.2, -0.15) is 0 Å². The normalized spacial score (nSPS) is 10.6. The molecule has 0 spiro atoms. The van der Waals surface area contributed by atoms with E-state index in [1.54, 1.807) is 18.3 Å². The fraction of sp³-hybridized carbons (Fsp3) is 0.143. The number of nitrogens with zero attached hydrogens (tertiary/aromatic N) is 1. The van der Waals surface area contributed by atoms with Crippen LogP contribution in [0.4, 0.5) is 5.69 Å². The van der Waals surface area contributed by atoms with Gasteiger partial charge in [-0.1, -0.05) is 41.9 Å². The Balaban J connectivity index is 1.89. The van der Waals surface area contributed by atoms with Gasteiger partial charge in [0.25, 0.3) is 11.5 Å². The zero-order chi connectivity index (χ0) is 18.7. The van der Waals surface area contributed by atoms with Crippen molar-refractivity contribution < 1.29 is 4.79 Å². The summed E-state index contributed by atoms with van der Waals surface area (Å²) in [5.41, 5.74) is 3.25. The lowest BCUT2D eigenvalue weighted by molar-refractivity contribution is 0.102. The first-order chi connectivity index (χ1) is 12.5. The fourth-order valence-corrected chi connectivity index (χ4v) is 2.90. The molecule has 0 aliphatic carbocycles. The van der Waals surface area contributed by atoms with E-state index < -0.39 is 5.91 Å². The summed E-state index contributed by atoms with van der Waals surface area (Å²) < 4.78 is 1.49. The summed E-state index contributed by atoms with van der Waals surface area (Å²) in [4.78, 5) is 25.3. The summed E-state index contributed by atoms with van der Waals surface area (Å²) in [6.07, 6.45) is 1.65. The number of amides is 1. The van der Waals surface area contributed by atoms with Crippen molar-refractivity contribution >= 4 is 23.2 Å². The van der Waals surface area contributed by atoms with Gasteiger partial charge in [-0.05, 0) is 54.8 Å². The van der Waals surface area contributed by atoms with Crippen molar-refractivity contribution in [1.82, 2.24) is 4.57 Å². The molecule has 0 bridgehead atoms. The molecule has 0 saturated heterocycles. The molecule has 2 aromatic carbocycles. The van der Waals surface area contributed by atoms with Gasteiger partial charge < -0.3 is 9.88 Å². The summed E-state index contributed by atoms with van der Waals surface area (Å²) in [7, 11) is 0. The number of rotatable bonds is 4. The average Bonchev–Trinajstić information content (AvgIpc) is 2.61. The second-order valence-electron chi connectivity index (χ2n) is 6.22. The molecular weight excluding hydrogens is 348 g/mol. The molecule has 1 aromatic heterocycles. The van der Waals surface area contributed by atoms with E-state index in [-0.39, 0.29) is 11.1 Å². The zero-order valence-electron chi connectivity index (χ0n) is 14.6. The van der Waals surface area contributed by atoms with Crippen molar-refractivity contribution in [1.29, 1.82) is 0 Å². The van der Waals surface area contributed by atoms with E-state index in [0.29, 0.717) is 17.3 Å². The molecule has 0 saturated carbocycles. The van der Waals surface area contributed by atoms with Gasteiger partial charge >= 0.3 is 0 Å². The Morgan fingerprint density at radius 3 is 2.62 bits per heavy atom. The summed E-state index contributed by atoms with van der Waals surface area (Å²) in [6, 6.07) is 16.4. The number of anilines is 1. The summed E-state index contributed by atoms with van der Waals surface area (Å²) in [5, 5.41) is 3.42. The highest BCUT2D eigenvalue weighted by atomic mass is 35.5. The van der Waals surface area contributed by atoms with E-state index in [0.717, 1.165) is 16.7 Å². The quantitative estimate of drug-likeness (QED) is 0.743. The van der Waals surface area contributed by atoms with Crippen molar-refractivity contribution in [2.75, 3.05) is 5.32 Å². The van der Waals surface area contributed by atoms with Gasteiger partial charge in [-0.3, -0.25) is 9.59 Å². The number of aryl methyl sites for hydroxylation is 2. The highest BCUT2D eigenvalue weighted by Crippen LogP contribution is 2.18. The molecule has 5 heteroatoms. The first-order valence-corrected chi connectivity index (χ1v) is 8.65. The van der Waals surface area contributed by atoms with E-state index in [4.69, 9.17) is 11.6 Å². The Labute approximate surface area is 157 Å². The van der Waals surface area contributed by atoms with E-state index in [1.165, 1.54) is 10.6 Å². The Morgan fingerprint density at radius 2 is 1.85 bits per heavy atom. The highest BCUT2D eigenvalue weighted by Gasteiger charge is 2.14. The third kappa shape index (κ3) is 3.86. The van der Waals surface area contributed by atoms with Crippen LogP contribution in [0.3, 0.4) is 0 Å². The molecule has 0 aliphatic heterocycles. The molecule has 0 fully saturated rings. The van der Waals surface area contributed by atoms with Crippen LogP contribution in [-0.4, -0.2) is 10.5 Å². The van der Waals surface area contributed by atoms with Crippen LogP contribution in [0.2, 0.25) is 5.02 Å². The maximum Gasteiger partial charge on any atom is 0.263 e. The molecule has 132 valence electrons. The maximum absolute atomic E-state index is 12.7. The van der Waals surface area contributed by atoms with Crippen LogP contribution in [0, 0.1) is 13.8 Å². The number of hydrogen-bond donors (Lipinski definition) is 1. The van der Waals surface area contributed by atoms with Crippen molar-refractivity contribution in [3.8, 4) is 0 Å². The van der Waals surface area contributed by atoms with Gasteiger partial charge in [-0.15, -0.1) is 0 Å². The number of carbonyl (C=O) groups is 1. The first kappa shape index (κ1) is 18.0. The minimum atomic E-state index is -0.419. The second-order valence-corrected chi connectivity index (χ2v) is 6.63. The molecule has 0 aliphatic rings. The lowest BCUT2D eigenvalue weighted by Crippen LogP contribution is -2.29. The fourth-order valence-electron chi connectivity index (χ4n) is 2.70. The maximum atomic E-state index is 12.7. The van der Waals surface area contributed by atoms with Gasteiger partial charge in [0.1, 0.15) is 5.56 Å². The van der Waals surface area contributed by atoms with Gasteiger partial charge in [0.05, 0.1) is 6.54 Å². The van der Waals surface area contributed by atoms with Crippen molar-refractivity contribution in [3.05, 3.63) is 98.4 Å². The minimum absolute atomic E-state index is 0.0976. The molecule has 0 atom stereocenters. The van der Waals surface area contributed by atoms with E-state index in [1.807, 2.05) is 50.2 Å². The molecule has 0 radical (unpaired) electrons. The van der Waals surface area contributed by atoms with E-state index in [2.05, 4.69) is 5.32 Å².